The van der Waals surface area contributed by atoms with Crippen LogP contribution in [0.4, 0.5) is 5.69 Å². The molecule has 140 valence electrons. The van der Waals surface area contributed by atoms with Gasteiger partial charge in [-0.2, -0.15) is 5.10 Å². The lowest BCUT2D eigenvalue weighted by atomic mass is 10.1. The molecule has 3 rings (SSSR count). The molecule has 0 unspecified atom stereocenters. The molecule has 5 nitrogen and oxygen atoms in total. The van der Waals surface area contributed by atoms with E-state index in [2.05, 4.69) is 17.3 Å². The predicted molar refractivity (Wildman–Crippen MR) is 109 cm³/mol. The molecule has 1 N–H and O–H groups in total. The second-order valence-electron chi connectivity index (χ2n) is 7.19. The first-order valence-corrected chi connectivity index (χ1v) is 9.32. The maximum Gasteiger partial charge on any atom is 0.276 e. The zero-order chi connectivity index (χ0) is 19.6. The van der Waals surface area contributed by atoms with E-state index in [0.29, 0.717) is 17.3 Å². The highest BCUT2D eigenvalue weighted by atomic mass is 16.2. The third-order valence-electron chi connectivity index (χ3n) is 4.60. The van der Waals surface area contributed by atoms with E-state index in [1.165, 1.54) is 4.68 Å². The van der Waals surface area contributed by atoms with Crippen molar-refractivity contribution in [3.63, 3.8) is 0 Å². The van der Waals surface area contributed by atoms with Crippen molar-refractivity contribution in [1.82, 2.24) is 9.78 Å². The number of benzene rings is 2. The third-order valence-corrected chi connectivity index (χ3v) is 4.60. The molecule has 1 amide bonds. The van der Waals surface area contributed by atoms with Gasteiger partial charge < -0.3 is 5.32 Å². The molecule has 0 aliphatic heterocycles. The van der Waals surface area contributed by atoms with Crippen LogP contribution in [0.3, 0.4) is 0 Å². The van der Waals surface area contributed by atoms with Gasteiger partial charge in [-0.3, -0.25) is 9.59 Å². The average molecular weight is 363 g/mol. The van der Waals surface area contributed by atoms with Crippen molar-refractivity contribution in [2.45, 2.75) is 40.7 Å². The standard InChI is InChI=1S/C22H25N3O2/c1-5-16-10-8-9-15(4)19(16)23-21(26)20-17-11-6-7-12-18(17)22(27)25(24-20)13-14(2)3/h6-12,14H,5,13H2,1-4H3,(H,23,26). The molecule has 0 fully saturated rings. The van der Waals surface area contributed by atoms with Crippen LogP contribution in [0.2, 0.25) is 0 Å². The summed E-state index contributed by atoms with van der Waals surface area (Å²) >= 11 is 0. The highest BCUT2D eigenvalue weighted by Crippen LogP contribution is 2.23. The van der Waals surface area contributed by atoms with Gasteiger partial charge in [-0.25, -0.2) is 4.68 Å². The van der Waals surface area contributed by atoms with Gasteiger partial charge in [0, 0.05) is 17.6 Å². The highest BCUT2D eigenvalue weighted by Gasteiger charge is 2.18. The molecule has 2 aromatic carbocycles. The van der Waals surface area contributed by atoms with Gasteiger partial charge in [0.1, 0.15) is 0 Å². The first kappa shape index (κ1) is 18.8. The summed E-state index contributed by atoms with van der Waals surface area (Å²) in [6.07, 6.45) is 0.818. The zero-order valence-corrected chi connectivity index (χ0v) is 16.2. The van der Waals surface area contributed by atoms with E-state index in [9.17, 15) is 9.59 Å². The van der Waals surface area contributed by atoms with Gasteiger partial charge in [0.15, 0.2) is 5.69 Å². The lowest BCUT2D eigenvalue weighted by Crippen LogP contribution is -2.29. The number of rotatable bonds is 5. The van der Waals surface area contributed by atoms with Crippen molar-refractivity contribution in [2.75, 3.05) is 5.32 Å². The maximum absolute atomic E-state index is 13.1. The van der Waals surface area contributed by atoms with Crippen molar-refractivity contribution >= 4 is 22.4 Å². The van der Waals surface area contributed by atoms with Crippen molar-refractivity contribution < 1.29 is 4.79 Å². The molecular formula is C22H25N3O2. The lowest BCUT2D eigenvalue weighted by Gasteiger charge is -2.15. The number of nitrogens with zero attached hydrogens (tertiary/aromatic N) is 2. The number of anilines is 1. The number of carbonyl (C=O) groups is 1. The molecule has 1 heterocycles. The Hall–Kier alpha value is -2.95. The van der Waals surface area contributed by atoms with Gasteiger partial charge in [-0.05, 0) is 36.5 Å². The lowest BCUT2D eigenvalue weighted by molar-refractivity contribution is 0.102. The number of nitrogens with one attached hydrogen (secondary N) is 1. The van der Waals surface area contributed by atoms with Crippen LogP contribution in [0.1, 0.15) is 42.4 Å². The molecular weight excluding hydrogens is 338 g/mol. The minimum Gasteiger partial charge on any atom is -0.320 e. The number of hydrogen-bond acceptors (Lipinski definition) is 3. The Morgan fingerprint density at radius 3 is 2.48 bits per heavy atom. The van der Waals surface area contributed by atoms with Gasteiger partial charge in [-0.15, -0.1) is 0 Å². The van der Waals surface area contributed by atoms with E-state index in [-0.39, 0.29) is 23.1 Å². The molecule has 0 radical (unpaired) electrons. The first-order chi connectivity index (χ1) is 12.9. The predicted octanol–water partition coefficient (Wildman–Crippen LogP) is 4.18. The maximum atomic E-state index is 13.1. The first-order valence-electron chi connectivity index (χ1n) is 9.32. The van der Waals surface area contributed by atoms with Gasteiger partial charge in [0.25, 0.3) is 11.5 Å². The zero-order valence-electron chi connectivity index (χ0n) is 16.2. The Bertz CT molecular complexity index is 1050. The summed E-state index contributed by atoms with van der Waals surface area (Å²) in [5.74, 6) is -0.0527. The second-order valence-corrected chi connectivity index (χ2v) is 7.19. The molecule has 5 heteroatoms. The Kier molecular flexibility index (Phi) is 5.40. The third kappa shape index (κ3) is 3.77. The topological polar surface area (TPSA) is 64.0 Å². The number of aryl methyl sites for hydroxylation is 2. The minimum atomic E-state index is -0.298. The normalized spacial score (nSPS) is 11.1. The molecule has 0 saturated heterocycles. The van der Waals surface area contributed by atoms with Crippen LogP contribution >= 0.6 is 0 Å². The van der Waals surface area contributed by atoms with Crippen LogP contribution in [0.25, 0.3) is 10.8 Å². The van der Waals surface area contributed by atoms with E-state index in [1.54, 1.807) is 12.1 Å². The molecule has 0 aliphatic rings. The van der Waals surface area contributed by atoms with Crippen LogP contribution in [-0.4, -0.2) is 15.7 Å². The van der Waals surface area contributed by atoms with Crippen molar-refractivity contribution in [1.29, 1.82) is 0 Å². The summed E-state index contributed by atoms with van der Waals surface area (Å²) in [6, 6.07) is 13.1. The van der Waals surface area contributed by atoms with Crippen LogP contribution in [0.5, 0.6) is 0 Å². The summed E-state index contributed by atoms with van der Waals surface area (Å²) in [5.41, 5.74) is 3.00. The number of aromatic nitrogens is 2. The summed E-state index contributed by atoms with van der Waals surface area (Å²) < 4.78 is 1.40. The highest BCUT2D eigenvalue weighted by molar-refractivity contribution is 6.11. The Morgan fingerprint density at radius 1 is 1.11 bits per heavy atom. The molecule has 27 heavy (non-hydrogen) atoms. The summed E-state index contributed by atoms with van der Waals surface area (Å²) in [6.45, 7) is 8.53. The van der Waals surface area contributed by atoms with Crippen LogP contribution in [0.15, 0.2) is 47.3 Å². The number of carbonyl (C=O) groups excluding carboxylic acids is 1. The fourth-order valence-corrected chi connectivity index (χ4v) is 3.25. The Morgan fingerprint density at radius 2 is 1.81 bits per heavy atom. The largest absolute Gasteiger partial charge is 0.320 e. The van der Waals surface area contributed by atoms with Gasteiger partial charge >= 0.3 is 0 Å². The average Bonchev–Trinajstić information content (AvgIpc) is 2.65. The van der Waals surface area contributed by atoms with Crippen molar-refractivity contribution in [3.8, 4) is 0 Å². The quantitative estimate of drug-likeness (QED) is 0.740. The van der Waals surface area contributed by atoms with E-state index in [1.807, 2.05) is 51.1 Å². The second kappa shape index (κ2) is 7.74. The summed E-state index contributed by atoms with van der Waals surface area (Å²) in [7, 11) is 0. The summed E-state index contributed by atoms with van der Waals surface area (Å²) in [4.78, 5) is 25.8. The molecule has 1 aromatic heterocycles. The van der Waals surface area contributed by atoms with Crippen LogP contribution in [-0.2, 0) is 13.0 Å². The smallest absolute Gasteiger partial charge is 0.276 e. The molecule has 0 saturated carbocycles. The number of fused-ring (bicyclic) bond motifs is 1. The monoisotopic (exact) mass is 363 g/mol. The van der Waals surface area contributed by atoms with Gasteiger partial charge in [0.05, 0.1) is 5.39 Å². The van der Waals surface area contributed by atoms with E-state index < -0.39 is 0 Å². The van der Waals surface area contributed by atoms with E-state index in [4.69, 9.17) is 0 Å². The molecule has 0 atom stereocenters. The number of para-hydroxylation sites is 1. The van der Waals surface area contributed by atoms with Gasteiger partial charge in [0.2, 0.25) is 0 Å². The van der Waals surface area contributed by atoms with E-state index >= 15 is 0 Å². The van der Waals surface area contributed by atoms with Crippen molar-refractivity contribution in [2.24, 2.45) is 5.92 Å². The Labute approximate surface area is 159 Å². The minimum absolute atomic E-state index is 0.166. The molecule has 0 aliphatic carbocycles. The van der Waals surface area contributed by atoms with E-state index in [0.717, 1.165) is 23.2 Å². The number of hydrogen-bond donors (Lipinski definition) is 1. The Balaban J connectivity index is 2.12. The van der Waals surface area contributed by atoms with Crippen molar-refractivity contribution in [3.05, 3.63) is 69.6 Å². The fourth-order valence-electron chi connectivity index (χ4n) is 3.25. The van der Waals surface area contributed by atoms with Gasteiger partial charge in [-0.1, -0.05) is 57.2 Å². The fraction of sp³-hybridized carbons (Fsp3) is 0.318. The molecule has 3 aromatic rings. The molecule has 0 spiro atoms. The molecule has 0 bridgehead atoms. The van der Waals surface area contributed by atoms with Crippen LogP contribution in [0, 0.1) is 12.8 Å². The SMILES string of the molecule is CCc1cccc(C)c1NC(=O)c1nn(CC(C)C)c(=O)c2ccccc12. The van der Waals surface area contributed by atoms with Crippen LogP contribution < -0.4 is 10.9 Å². The summed E-state index contributed by atoms with van der Waals surface area (Å²) in [5, 5.41) is 8.52. The number of amides is 1.